The third-order valence-corrected chi connectivity index (χ3v) is 16.7. The first-order chi connectivity index (χ1) is 27.6. The van der Waals surface area contributed by atoms with Crippen LogP contribution in [-0.4, -0.2) is 83.7 Å². The molecule has 2 saturated heterocycles. The molecule has 7 aliphatic rings. The number of carbonyl (C=O) groups excluding carboxylic acids is 2. The van der Waals surface area contributed by atoms with Crippen LogP contribution in [0.2, 0.25) is 0 Å². The van der Waals surface area contributed by atoms with Crippen LogP contribution >= 0.6 is 0 Å². The summed E-state index contributed by atoms with van der Waals surface area (Å²) in [5, 5.41) is 39.3. The number of hydrogen-bond acceptors (Lipinski definition) is 7. The van der Waals surface area contributed by atoms with Gasteiger partial charge in [-0.2, -0.15) is 0 Å². The summed E-state index contributed by atoms with van der Waals surface area (Å²) in [6.07, 6.45) is 23.7. The summed E-state index contributed by atoms with van der Waals surface area (Å²) in [6.45, 7) is 2.16. The molecule has 9 N–H and O–H groups in total. The Hall–Kier alpha value is -1.64. The van der Waals surface area contributed by atoms with E-state index in [1.807, 2.05) is 0 Å². The Labute approximate surface area is 343 Å². The SMILES string of the molecule is COC1CC2CCC(=O)[C@@H]([C@H](O)CC[C@@H]3CC[C@@H]4[C@H](C[NH2+][C@@H]5CC(=O)CC[C@@H]45)C3)C#C[C@@H](CC[C@H](O)C[C@H](C=CC3CCCCC3)C3CC[NH2+]C(N)C3)C2CC1O. The lowest BCUT2D eigenvalue weighted by Crippen LogP contribution is -2.96. The van der Waals surface area contributed by atoms with Crippen molar-refractivity contribution in [1.82, 2.24) is 0 Å². The van der Waals surface area contributed by atoms with E-state index in [1.165, 1.54) is 51.4 Å². The molecule has 320 valence electrons. The molecule has 57 heavy (non-hydrogen) atoms. The first-order valence-electron chi connectivity index (χ1n) is 23.9. The van der Waals surface area contributed by atoms with E-state index < -0.39 is 24.2 Å². The van der Waals surface area contributed by atoms with Gasteiger partial charge in [0.05, 0.1) is 50.0 Å². The zero-order valence-electron chi connectivity index (χ0n) is 35.2. The van der Waals surface area contributed by atoms with Crippen molar-refractivity contribution in [3.63, 3.8) is 0 Å². The molecule has 9 nitrogen and oxygen atoms in total. The molecule has 5 aliphatic carbocycles. The lowest BCUT2D eigenvalue weighted by molar-refractivity contribution is -0.715. The standard InChI is InChI=1S/C48H77N3O6/c1-57-47-25-35-13-20-45(55)41(44(54)19-9-31-8-16-39-36(23-31)29-51-43-27-38(53)15-18-40(39)43)17-12-32(42(35)28-46(47)56)11-14-37(52)24-33(34-21-22-50-48(49)26-34)10-7-30-5-3-2-4-6-30/h7,10,30-37,39-44,46-48,50-52,54,56H,2-6,8-9,11,13-16,18-29,49H2,1H3/p+2/t31-,32+,33-,34?,35?,36-,37-,39+,40-,41+,42?,43+,44+,46?,47?,48?/m0/s1. The van der Waals surface area contributed by atoms with Crippen LogP contribution in [0.15, 0.2) is 12.2 Å². The van der Waals surface area contributed by atoms with Crippen LogP contribution in [-0.2, 0) is 14.3 Å². The van der Waals surface area contributed by atoms with Gasteiger partial charge in [-0.25, -0.2) is 0 Å². The highest BCUT2D eigenvalue weighted by molar-refractivity contribution is 5.84. The second-order valence-corrected chi connectivity index (χ2v) is 20.3. The molecule has 0 bridgehead atoms. The molecule has 6 fully saturated rings. The molecule has 6 unspecified atom stereocenters. The number of hydrogen-bond donors (Lipinski definition) is 6. The molecular weight excluding hydrogens is 715 g/mol. The number of aliphatic hydroxyl groups is 3. The summed E-state index contributed by atoms with van der Waals surface area (Å²) in [4.78, 5) is 26.0. The number of aliphatic hydroxyl groups excluding tert-OH is 3. The second kappa shape index (κ2) is 20.8. The summed E-state index contributed by atoms with van der Waals surface area (Å²) in [6, 6.07) is 0.489. The van der Waals surface area contributed by atoms with E-state index in [2.05, 4.69) is 34.6 Å². The Morgan fingerprint density at radius 2 is 1.70 bits per heavy atom. The lowest BCUT2D eigenvalue weighted by Gasteiger charge is -2.47. The Bertz CT molecular complexity index is 1410. The van der Waals surface area contributed by atoms with Gasteiger partial charge in [-0.1, -0.05) is 49.7 Å². The molecule has 4 saturated carbocycles. The molecule has 0 amide bonds. The van der Waals surface area contributed by atoms with Crippen molar-refractivity contribution in [2.24, 2.45) is 70.8 Å². The number of methoxy groups -OCH3 is 1. The fourth-order valence-corrected chi connectivity index (χ4v) is 13.4. The van der Waals surface area contributed by atoms with E-state index in [0.29, 0.717) is 92.3 Å². The molecule has 0 aromatic rings. The molecule has 9 heteroatoms. The molecule has 16 atom stereocenters. The number of ketones is 2. The third-order valence-electron chi connectivity index (χ3n) is 16.7. The molecule has 0 radical (unpaired) electrons. The van der Waals surface area contributed by atoms with Gasteiger partial charge >= 0.3 is 0 Å². The van der Waals surface area contributed by atoms with Gasteiger partial charge in [-0.3, -0.25) is 15.3 Å². The molecule has 2 aliphatic heterocycles. The number of carbonyl (C=O) groups is 2. The maximum Gasteiger partial charge on any atom is 0.150 e. The van der Waals surface area contributed by atoms with Gasteiger partial charge in [-0.15, -0.1) is 0 Å². The average Bonchev–Trinajstić information content (AvgIpc) is 3.28. The van der Waals surface area contributed by atoms with Crippen molar-refractivity contribution in [3.8, 4) is 11.8 Å². The summed E-state index contributed by atoms with van der Waals surface area (Å²) in [7, 11) is 1.67. The first kappa shape index (κ1) is 43.4. The highest BCUT2D eigenvalue weighted by atomic mass is 16.5. The van der Waals surface area contributed by atoms with Crippen molar-refractivity contribution in [1.29, 1.82) is 0 Å². The summed E-state index contributed by atoms with van der Waals surface area (Å²) in [5.41, 5.74) is 6.43. The van der Waals surface area contributed by atoms with E-state index >= 15 is 0 Å². The maximum absolute atomic E-state index is 13.9. The number of rotatable bonds is 13. The minimum Gasteiger partial charge on any atom is -0.393 e. The predicted molar refractivity (Wildman–Crippen MR) is 221 cm³/mol. The van der Waals surface area contributed by atoms with Crippen LogP contribution < -0.4 is 16.4 Å². The lowest BCUT2D eigenvalue weighted by atomic mass is 9.61. The molecule has 7 rings (SSSR count). The number of fused-ring (bicyclic) bond motifs is 4. The van der Waals surface area contributed by atoms with Gasteiger partial charge < -0.3 is 30.7 Å². The van der Waals surface area contributed by atoms with Gasteiger partial charge in [0.25, 0.3) is 0 Å². The summed E-state index contributed by atoms with van der Waals surface area (Å²) >= 11 is 0. The monoisotopic (exact) mass is 794 g/mol. The van der Waals surface area contributed by atoms with Gasteiger partial charge in [0.2, 0.25) is 0 Å². The third kappa shape index (κ3) is 11.4. The maximum atomic E-state index is 13.9. The highest BCUT2D eigenvalue weighted by Gasteiger charge is 2.47. The predicted octanol–water partition coefficient (Wildman–Crippen LogP) is 4.02. The Balaban J connectivity index is 0.995. The molecule has 0 aromatic carbocycles. The number of Topliss-reactive ketones (excluding diaryl/α,β-unsaturated/α-hetero) is 2. The highest BCUT2D eigenvalue weighted by Crippen LogP contribution is 2.46. The van der Waals surface area contributed by atoms with Crippen molar-refractivity contribution >= 4 is 11.6 Å². The van der Waals surface area contributed by atoms with Crippen LogP contribution in [0.25, 0.3) is 0 Å². The van der Waals surface area contributed by atoms with Crippen molar-refractivity contribution in [3.05, 3.63) is 12.2 Å². The van der Waals surface area contributed by atoms with Crippen LogP contribution in [0, 0.1) is 76.9 Å². The summed E-state index contributed by atoms with van der Waals surface area (Å²) < 4.78 is 5.72. The molecule has 0 spiro atoms. The fourth-order valence-electron chi connectivity index (χ4n) is 13.4. The van der Waals surface area contributed by atoms with Gasteiger partial charge in [0, 0.05) is 50.5 Å². The number of piperidine rings is 2. The van der Waals surface area contributed by atoms with Crippen molar-refractivity contribution < 1.29 is 40.3 Å². The van der Waals surface area contributed by atoms with Crippen molar-refractivity contribution in [2.45, 2.75) is 178 Å². The quantitative estimate of drug-likeness (QED) is 0.121. The van der Waals surface area contributed by atoms with E-state index in [1.54, 1.807) is 7.11 Å². The normalized spacial score (nSPS) is 41.0. The van der Waals surface area contributed by atoms with Gasteiger partial charge in [0.15, 0.2) is 0 Å². The van der Waals surface area contributed by atoms with E-state index in [9.17, 15) is 24.9 Å². The van der Waals surface area contributed by atoms with Crippen LogP contribution in [0.1, 0.15) is 141 Å². The average molecular weight is 794 g/mol. The fraction of sp³-hybridized carbons (Fsp3) is 0.875. The second-order valence-electron chi connectivity index (χ2n) is 20.3. The van der Waals surface area contributed by atoms with E-state index in [-0.39, 0.29) is 35.8 Å². The van der Waals surface area contributed by atoms with Crippen LogP contribution in [0.3, 0.4) is 0 Å². The number of quaternary nitrogens is 2. The number of nitrogens with two attached hydrogens (primary N) is 3. The molecular formula is C48H79N3O6+2. The zero-order chi connectivity index (χ0) is 39.9. The topological polar surface area (TPSA) is 163 Å². The molecule has 0 aromatic heterocycles. The largest absolute Gasteiger partial charge is 0.393 e. The Morgan fingerprint density at radius 1 is 0.860 bits per heavy atom. The smallest absolute Gasteiger partial charge is 0.150 e. The Morgan fingerprint density at radius 3 is 2.51 bits per heavy atom. The number of allylic oxidation sites excluding steroid dienone is 2. The minimum absolute atomic E-state index is 0.0496. The van der Waals surface area contributed by atoms with Gasteiger partial charge in [0.1, 0.15) is 23.7 Å². The number of ether oxygens (including phenoxy) is 1. The summed E-state index contributed by atoms with van der Waals surface area (Å²) in [5.74, 6) is 11.1. The zero-order valence-corrected chi connectivity index (χ0v) is 35.2. The molecule has 2 heterocycles. The van der Waals surface area contributed by atoms with Crippen molar-refractivity contribution in [2.75, 3.05) is 20.2 Å². The Kier molecular flexibility index (Phi) is 15.8. The van der Waals surface area contributed by atoms with E-state index in [0.717, 1.165) is 64.0 Å². The van der Waals surface area contributed by atoms with Gasteiger partial charge in [-0.05, 0) is 125 Å². The van der Waals surface area contributed by atoms with E-state index in [4.69, 9.17) is 10.5 Å². The minimum atomic E-state index is -0.783. The first-order valence-corrected chi connectivity index (χ1v) is 23.9. The van der Waals surface area contributed by atoms with Crippen LogP contribution in [0.5, 0.6) is 0 Å². The van der Waals surface area contributed by atoms with Crippen LogP contribution in [0.4, 0.5) is 0 Å².